The number of carbonyl (C=O) groups is 1. The molecule has 0 atom stereocenters. The van der Waals surface area contributed by atoms with E-state index in [1.807, 2.05) is 27.7 Å². The highest BCUT2D eigenvalue weighted by Crippen LogP contribution is 2.16. The fourth-order valence-electron chi connectivity index (χ4n) is 1.24. The van der Waals surface area contributed by atoms with Gasteiger partial charge in [-0.05, 0) is 27.7 Å². The van der Waals surface area contributed by atoms with Crippen LogP contribution >= 0.6 is 0 Å². The van der Waals surface area contributed by atoms with Gasteiger partial charge in [-0.3, -0.25) is 4.79 Å². The lowest BCUT2D eigenvalue weighted by Gasteiger charge is -2.30. The van der Waals surface area contributed by atoms with Crippen molar-refractivity contribution in [2.24, 2.45) is 11.1 Å². The second-order valence-corrected chi connectivity index (χ2v) is 4.17. The van der Waals surface area contributed by atoms with E-state index in [1.54, 1.807) is 4.90 Å². The number of rotatable bonds is 7. The summed E-state index contributed by atoms with van der Waals surface area (Å²) in [6.45, 7) is 10.7. The molecular formula is C11H24N2O2. The van der Waals surface area contributed by atoms with Crippen LogP contribution in [0, 0.1) is 5.41 Å². The molecule has 15 heavy (non-hydrogen) atoms. The molecule has 0 rings (SSSR count). The minimum Gasteiger partial charge on any atom is -0.380 e. The lowest BCUT2D eigenvalue weighted by Crippen LogP contribution is -2.45. The van der Waals surface area contributed by atoms with E-state index in [2.05, 4.69) is 0 Å². The molecule has 0 aliphatic carbocycles. The minimum atomic E-state index is -0.470. The van der Waals surface area contributed by atoms with E-state index < -0.39 is 5.41 Å². The van der Waals surface area contributed by atoms with E-state index in [-0.39, 0.29) is 5.91 Å². The third-order valence-electron chi connectivity index (χ3n) is 2.47. The number of hydrogen-bond donors (Lipinski definition) is 1. The summed E-state index contributed by atoms with van der Waals surface area (Å²) in [4.78, 5) is 13.8. The van der Waals surface area contributed by atoms with Crippen molar-refractivity contribution in [3.8, 4) is 0 Å². The van der Waals surface area contributed by atoms with Crippen molar-refractivity contribution >= 4 is 5.91 Å². The van der Waals surface area contributed by atoms with E-state index in [0.717, 1.165) is 0 Å². The van der Waals surface area contributed by atoms with Gasteiger partial charge in [0.2, 0.25) is 5.91 Å². The maximum atomic E-state index is 12.0. The number of carbonyl (C=O) groups excluding carboxylic acids is 1. The molecule has 0 unspecified atom stereocenters. The smallest absolute Gasteiger partial charge is 0.229 e. The van der Waals surface area contributed by atoms with Crippen LogP contribution in [0.25, 0.3) is 0 Å². The van der Waals surface area contributed by atoms with Gasteiger partial charge in [0.15, 0.2) is 0 Å². The van der Waals surface area contributed by atoms with Gasteiger partial charge >= 0.3 is 0 Å². The SMILES string of the molecule is CCOCCN(CC)C(=O)C(C)(C)CN. The molecule has 0 radical (unpaired) electrons. The van der Waals surface area contributed by atoms with E-state index >= 15 is 0 Å². The molecule has 0 heterocycles. The normalized spacial score (nSPS) is 11.5. The van der Waals surface area contributed by atoms with Crippen molar-refractivity contribution < 1.29 is 9.53 Å². The quantitative estimate of drug-likeness (QED) is 0.642. The van der Waals surface area contributed by atoms with E-state index in [9.17, 15) is 4.79 Å². The largest absolute Gasteiger partial charge is 0.380 e. The molecule has 0 aromatic carbocycles. The summed E-state index contributed by atoms with van der Waals surface area (Å²) in [5.74, 6) is 0.104. The predicted octanol–water partition coefficient (Wildman–Crippen LogP) is 0.856. The summed E-state index contributed by atoms with van der Waals surface area (Å²) in [6, 6.07) is 0. The molecule has 0 aromatic rings. The fraction of sp³-hybridized carbons (Fsp3) is 0.909. The Labute approximate surface area is 92.8 Å². The highest BCUT2D eigenvalue weighted by Gasteiger charge is 2.29. The molecule has 0 bridgehead atoms. The van der Waals surface area contributed by atoms with Crippen molar-refractivity contribution in [1.82, 2.24) is 4.90 Å². The molecule has 0 aromatic heterocycles. The van der Waals surface area contributed by atoms with Gasteiger partial charge in [-0.25, -0.2) is 0 Å². The van der Waals surface area contributed by atoms with Crippen LogP contribution in [0.3, 0.4) is 0 Å². The molecule has 0 aliphatic rings. The van der Waals surface area contributed by atoms with Crippen LogP contribution in [0.1, 0.15) is 27.7 Å². The monoisotopic (exact) mass is 216 g/mol. The summed E-state index contributed by atoms with van der Waals surface area (Å²) >= 11 is 0. The molecule has 90 valence electrons. The van der Waals surface area contributed by atoms with Crippen LogP contribution < -0.4 is 5.73 Å². The third-order valence-corrected chi connectivity index (χ3v) is 2.47. The van der Waals surface area contributed by atoms with E-state index in [0.29, 0.717) is 32.8 Å². The van der Waals surface area contributed by atoms with Crippen molar-refractivity contribution in [3.05, 3.63) is 0 Å². The number of nitrogens with zero attached hydrogens (tertiary/aromatic N) is 1. The third kappa shape index (κ3) is 4.62. The average molecular weight is 216 g/mol. The summed E-state index contributed by atoms with van der Waals surface area (Å²) in [7, 11) is 0. The zero-order valence-electron chi connectivity index (χ0n) is 10.4. The lowest BCUT2D eigenvalue weighted by atomic mass is 9.92. The van der Waals surface area contributed by atoms with Gasteiger partial charge in [-0.15, -0.1) is 0 Å². The minimum absolute atomic E-state index is 0.104. The van der Waals surface area contributed by atoms with Crippen LogP contribution in [-0.4, -0.2) is 43.7 Å². The highest BCUT2D eigenvalue weighted by atomic mass is 16.5. The molecule has 0 saturated heterocycles. The predicted molar refractivity (Wildman–Crippen MR) is 61.6 cm³/mol. The maximum absolute atomic E-state index is 12.0. The Hall–Kier alpha value is -0.610. The number of amides is 1. The van der Waals surface area contributed by atoms with Gasteiger partial charge in [0.05, 0.1) is 12.0 Å². The molecule has 2 N–H and O–H groups in total. The number of nitrogens with two attached hydrogens (primary N) is 1. The number of likely N-dealkylation sites (N-methyl/N-ethyl adjacent to an activating group) is 1. The Balaban J connectivity index is 4.22. The first kappa shape index (κ1) is 14.4. The van der Waals surface area contributed by atoms with Gasteiger partial charge in [0.25, 0.3) is 0 Å². The average Bonchev–Trinajstić information content (AvgIpc) is 2.23. The summed E-state index contributed by atoms with van der Waals surface area (Å²) in [5, 5.41) is 0. The maximum Gasteiger partial charge on any atom is 0.229 e. The van der Waals surface area contributed by atoms with Crippen molar-refractivity contribution in [1.29, 1.82) is 0 Å². The topological polar surface area (TPSA) is 55.6 Å². The molecule has 0 aliphatic heterocycles. The molecule has 0 spiro atoms. The zero-order chi connectivity index (χ0) is 11.9. The molecule has 0 fully saturated rings. The highest BCUT2D eigenvalue weighted by molar-refractivity contribution is 5.82. The van der Waals surface area contributed by atoms with Gasteiger partial charge in [0.1, 0.15) is 0 Å². The van der Waals surface area contributed by atoms with E-state index in [1.165, 1.54) is 0 Å². The Kier molecular flexibility index (Phi) is 6.52. The van der Waals surface area contributed by atoms with Crippen LogP contribution in [-0.2, 0) is 9.53 Å². The first-order valence-electron chi connectivity index (χ1n) is 5.56. The Bertz CT molecular complexity index is 193. The summed E-state index contributed by atoms with van der Waals surface area (Å²) < 4.78 is 5.24. The number of ether oxygens (including phenoxy) is 1. The first-order valence-corrected chi connectivity index (χ1v) is 5.56. The molecule has 0 saturated carbocycles. The molecule has 4 nitrogen and oxygen atoms in total. The molecule has 4 heteroatoms. The second kappa shape index (κ2) is 6.80. The zero-order valence-corrected chi connectivity index (χ0v) is 10.4. The van der Waals surface area contributed by atoms with Crippen LogP contribution in [0.15, 0.2) is 0 Å². The Morgan fingerprint density at radius 2 is 2.00 bits per heavy atom. The molecule has 1 amide bonds. The summed E-state index contributed by atoms with van der Waals surface area (Å²) in [6.07, 6.45) is 0. The van der Waals surface area contributed by atoms with Crippen LogP contribution in [0.4, 0.5) is 0 Å². The molecular weight excluding hydrogens is 192 g/mol. The van der Waals surface area contributed by atoms with Gasteiger partial charge in [0, 0.05) is 26.2 Å². The Morgan fingerprint density at radius 3 is 2.40 bits per heavy atom. The van der Waals surface area contributed by atoms with Crippen molar-refractivity contribution in [2.45, 2.75) is 27.7 Å². The van der Waals surface area contributed by atoms with Gasteiger partial charge in [-0.2, -0.15) is 0 Å². The number of hydrogen-bond acceptors (Lipinski definition) is 3. The van der Waals surface area contributed by atoms with Crippen LogP contribution in [0.5, 0.6) is 0 Å². The first-order chi connectivity index (χ1) is 6.99. The Morgan fingerprint density at radius 1 is 1.40 bits per heavy atom. The summed E-state index contributed by atoms with van der Waals surface area (Å²) in [5.41, 5.74) is 5.11. The fourth-order valence-corrected chi connectivity index (χ4v) is 1.24. The second-order valence-electron chi connectivity index (χ2n) is 4.17. The van der Waals surface area contributed by atoms with Crippen molar-refractivity contribution in [3.63, 3.8) is 0 Å². The van der Waals surface area contributed by atoms with Gasteiger partial charge in [-0.1, -0.05) is 0 Å². The van der Waals surface area contributed by atoms with Gasteiger partial charge < -0.3 is 15.4 Å². The van der Waals surface area contributed by atoms with Crippen LogP contribution in [0.2, 0.25) is 0 Å². The standard InChI is InChI=1S/C11H24N2O2/c1-5-13(7-8-15-6-2)10(14)11(3,4)9-12/h5-9,12H2,1-4H3. The van der Waals surface area contributed by atoms with E-state index in [4.69, 9.17) is 10.5 Å². The van der Waals surface area contributed by atoms with Crippen molar-refractivity contribution in [2.75, 3.05) is 32.8 Å². The lowest BCUT2D eigenvalue weighted by molar-refractivity contribution is -0.140.